The molecule has 0 atom stereocenters. The van der Waals surface area contributed by atoms with Gasteiger partial charge in [0.05, 0.1) is 6.54 Å². The van der Waals surface area contributed by atoms with E-state index in [1.165, 1.54) is 11.6 Å². The lowest BCUT2D eigenvalue weighted by atomic mass is 9.87. The Kier molecular flexibility index (Phi) is 4.98. The zero-order chi connectivity index (χ0) is 17.0. The first-order valence-electron chi connectivity index (χ1n) is 7.35. The van der Waals surface area contributed by atoms with Crippen molar-refractivity contribution in [2.75, 3.05) is 17.2 Å². The summed E-state index contributed by atoms with van der Waals surface area (Å²) in [6.07, 6.45) is 0. The standard InChI is InChI=1S/C18H20F2N2O/c1-18(2,3)12-4-6-13(7-5-12)22-17(23)11-21-14-8-9-15(19)16(20)10-14/h4-10,21H,11H2,1-3H3,(H,22,23). The second-order valence-electron chi connectivity index (χ2n) is 6.36. The summed E-state index contributed by atoms with van der Waals surface area (Å²) in [5.74, 6) is -2.13. The number of benzene rings is 2. The molecule has 0 saturated carbocycles. The molecule has 23 heavy (non-hydrogen) atoms. The molecule has 0 aromatic heterocycles. The zero-order valence-corrected chi connectivity index (χ0v) is 13.4. The van der Waals surface area contributed by atoms with Gasteiger partial charge >= 0.3 is 0 Å². The second-order valence-corrected chi connectivity index (χ2v) is 6.36. The van der Waals surface area contributed by atoms with Crippen LogP contribution in [-0.4, -0.2) is 12.5 Å². The Balaban J connectivity index is 1.90. The Hall–Kier alpha value is -2.43. The van der Waals surface area contributed by atoms with Gasteiger partial charge in [-0.05, 0) is 35.2 Å². The van der Waals surface area contributed by atoms with Crippen molar-refractivity contribution >= 4 is 17.3 Å². The van der Waals surface area contributed by atoms with Gasteiger partial charge in [0.1, 0.15) is 0 Å². The monoisotopic (exact) mass is 318 g/mol. The molecule has 3 nitrogen and oxygen atoms in total. The van der Waals surface area contributed by atoms with E-state index in [9.17, 15) is 13.6 Å². The Labute approximate surface area is 134 Å². The molecular weight excluding hydrogens is 298 g/mol. The van der Waals surface area contributed by atoms with Crippen molar-refractivity contribution in [1.82, 2.24) is 0 Å². The topological polar surface area (TPSA) is 41.1 Å². The fourth-order valence-corrected chi connectivity index (χ4v) is 2.05. The number of amides is 1. The quantitative estimate of drug-likeness (QED) is 0.882. The van der Waals surface area contributed by atoms with Gasteiger partial charge in [-0.15, -0.1) is 0 Å². The van der Waals surface area contributed by atoms with Crippen molar-refractivity contribution in [1.29, 1.82) is 0 Å². The number of anilines is 2. The Morgan fingerprint density at radius 1 is 0.957 bits per heavy atom. The summed E-state index contributed by atoms with van der Waals surface area (Å²) >= 11 is 0. The molecule has 2 N–H and O–H groups in total. The maximum Gasteiger partial charge on any atom is 0.243 e. The van der Waals surface area contributed by atoms with Crippen LogP contribution in [0.2, 0.25) is 0 Å². The van der Waals surface area contributed by atoms with Gasteiger partial charge in [-0.25, -0.2) is 8.78 Å². The van der Waals surface area contributed by atoms with Gasteiger partial charge < -0.3 is 10.6 Å². The Morgan fingerprint density at radius 2 is 1.57 bits per heavy atom. The van der Waals surface area contributed by atoms with Gasteiger partial charge in [0, 0.05) is 17.4 Å². The van der Waals surface area contributed by atoms with Crippen LogP contribution in [0.1, 0.15) is 26.3 Å². The second kappa shape index (κ2) is 6.77. The van der Waals surface area contributed by atoms with Gasteiger partial charge in [0.25, 0.3) is 0 Å². The number of halogens is 2. The van der Waals surface area contributed by atoms with E-state index in [2.05, 4.69) is 31.4 Å². The minimum atomic E-state index is -0.951. The van der Waals surface area contributed by atoms with Crippen LogP contribution in [0.15, 0.2) is 42.5 Å². The molecule has 0 bridgehead atoms. The van der Waals surface area contributed by atoms with Gasteiger partial charge in [-0.2, -0.15) is 0 Å². The van der Waals surface area contributed by atoms with Crippen LogP contribution in [0.5, 0.6) is 0 Å². The number of nitrogens with one attached hydrogen (secondary N) is 2. The van der Waals surface area contributed by atoms with Crippen LogP contribution >= 0.6 is 0 Å². The first-order chi connectivity index (χ1) is 10.8. The molecule has 1 amide bonds. The van der Waals surface area contributed by atoms with Crippen molar-refractivity contribution in [3.8, 4) is 0 Å². The summed E-state index contributed by atoms with van der Waals surface area (Å²) in [5, 5.41) is 5.50. The van der Waals surface area contributed by atoms with E-state index in [4.69, 9.17) is 0 Å². The Morgan fingerprint density at radius 3 is 2.13 bits per heavy atom. The number of hydrogen-bond acceptors (Lipinski definition) is 2. The Bertz CT molecular complexity index is 691. The third-order valence-corrected chi connectivity index (χ3v) is 3.41. The van der Waals surface area contributed by atoms with Gasteiger partial charge in [-0.3, -0.25) is 4.79 Å². The fraction of sp³-hybridized carbons (Fsp3) is 0.278. The summed E-state index contributed by atoms with van der Waals surface area (Å²) in [5.41, 5.74) is 2.27. The molecule has 2 aromatic rings. The average molecular weight is 318 g/mol. The smallest absolute Gasteiger partial charge is 0.243 e. The minimum Gasteiger partial charge on any atom is -0.376 e. The maximum absolute atomic E-state index is 13.1. The van der Waals surface area contributed by atoms with Crippen molar-refractivity contribution in [2.45, 2.75) is 26.2 Å². The lowest BCUT2D eigenvalue weighted by molar-refractivity contribution is -0.114. The summed E-state index contributed by atoms with van der Waals surface area (Å²) in [6.45, 7) is 6.32. The molecule has 0 fully saturated rings. The highest BCUT2D eigenvalue weighted by atomic mass is 19.2. The van der Waals surface area contributed by atoms with Gasteiger partial charge in [0.15, 0.2) is 11.6 Å². The molecule has 0 aliphatic carbocycles. The van der Waals surface area contributed by atoms with E-state index in [0.717, 1.165) is 12.1 Å². The molecule has 0 saturated heterocycles. The molecular formula is C18H20F2N2O. The van der Waals surface area contributed by atoms with E-state index in [1.807, 2.05) is 24.3 Å². The van der Waals surface area contributed by atoms with Crippen molar-refractivity contribution in [3.05, 3.63) is 59.7 Å². The fourth-order valence-electron chi connectivity index (χ4n) is 2.05. The van der Waals surface area contributed by atoms with Crippen LogP contribution in [-0.2, 0) is 10.2 Å². The third-order valence-electron chi connectivity index (χ3n) is 3.41. The molecule has 0 aliphatic rings. The maximum atomic E-state index is 13.1. The first kappa shape index (κ1) is 16.9. The highest BCUT2D eigenvalue weighted by molar-refractivity contribution is 5.93. The van der Waals surface area contributed by atoms with E-state index in [0.29, 0.717) is 11.4 Å². The molecule has 122 valence electrons. The largest absolute Gasteiger partial charge is 0.376 e. The van der Waals surface area contributed by atoms with Crippen LogP contribution < -0.4 is 10.6 Å². The number of carbonyl (C=O) groups excluding carboxylic acids is 1. The lowest BCUT2D eigenvalue weighted by Gasteiger charge is -2.19. The predicted molar refractivity (Wildman–Crippen MR) is 88.6 cm³/mol. The number of carbonyl (C=O) groups is 1. The zero-order valence-electron chi connectivity index (χ0n) is 13.4. The van der Waals surface area contributed by atoms with E-state index < -0.39 is 11.6 Å². The molecule has 2 aromatic carbocycles. The average Bonchev–Trinajstić information content (AvgIpc) is 2.48. The third kappa shape index (κ3) is 4.77. The van der Waals surface area contributed by atoms with Gasteiger partial charge in [-0.1, -0.05) is 32.9 Å². The van der Waals surface area contributed by atoms with E-state index >= 15 is 0 Å². The van der Waals surface area contributed by atoms with E-state index in [1.54, 1.807) is 0 Å². The number of hydrogen-bond donors (Lipinski definition) is 2. The summed E-state index contributed by atoms with van der Waals surface area (Å²) in [4.78, 5) is 11.9. The molecule has 5 heteroatoms. The predicted octanol–water partition coefficient (Wildman–Crippen LogP) is 4.31. The molecule has 0 radical (unpaired) electrons. The summed E-state index contributed by atoms with van der Waals surface area (Å²) in [7, 11) is 0. The first-order valence-corrected chi connectivity index (χ1v) is 7.35. The molecule has 2 rings (SSSR count). The van der Waals surface area contributed by atoms with E-state index in [-0.39, 0.29) is 17.9 Å². The van der Waals surface area contributed by atoms with Crippen molar-refractivity contribution < 1.29 is 13.6 Å². The SMILES string of the molecule is CC(C)(C)c1ccc(NC(=O)CNc2ccc(F)c(F)c2)cc1. The molecule has 0 heterocycles. The minimum absolute atomic E-state index is 0.0356. The highest BCUT2D eigenvalue weighted by Crippen LogP contribution is 2.23. The van der Waals surface area contributed by atoms with Crippen LogP contribution in [0.25, 0.3) is 0 Å². The summed E-state index contributed by atoms with van der Waals surface area (Å²) in [6, 6.07) is 11.0. The number of rotatable bonds is 4. The molecule has 0 aliphatic heterocycles. The van der Waals surface area contributed by atoms with Crippen molar-refractivity contribution in [3.63, 3.8) is 0 Å². The van der Waals surface area contributed by atoms with Crippen LogP contribution in [0.4, 0.5) is 20.2 Å². The molecule has 0 unspecified atom stereocenters. The van der Waals surface area contributed by atoms with Crippen LogP contribution in [0, 0.1) is 11.6 Å². The van der Waals surface area contributed by atoms with Crippen molar-refractivity contribution in [2.24, 2.45) is 0 Å². The highest BCUT2D eigenvalue weighted by Gasteiger charge is 2.13. The summed E-state index contributed by atoms with van der Waals surface area (Å²) < 4.78 is 25.9. The van der Waals surface area contributed by atoms with Gasteiger partial charge in [0.2, 0.25) is 5.91 Å². The van der Waals surface area contributed by atoms with Crippen LogP contribution in [0.3, 0.4) is 0 Å². The lowest BCUT2D eigenvalue weighted by Crippen LogP contribution is -2.22. The molecule has 0 spiro atoms. The normalized spacial score (nSPS) is 11.2.